The molecular weight excluding hydrogens is 244 g/mol. The normalized spacial score (nSPS) is 10.2. The Morgan fingerprint density at radius 2 is 2.05 bits per heavy atom. The molecule has 0 spiro atoms. The molecule has 98 valence electrons. The van der Waals surface area contributed by atoms with Gasteiger partial charge >= 0.3 is 0 Å². The number of carbonyl (C=O) groups excluding carboxylic acids is 1. The maximum absolute atomic E-state index is 11.5. The molecule has 0 saturated carbocycles. The summed E-state index contributed by atoms with van der Waals surface area (Å²) in [7, 11) is 0. The van der Waals surface area contributed by atoms with Crippen molar-refractivity contribution >= 4 is 5.91 Å². The summed E-state index contributed by atoms with van der Waals surface area (Å²) in [4.78, 5) is 15.6. The van der Waals surface area contributed by atoms with Crippen molar-refractivity contribution in [1.82, 2.24) is 4.98 Å². The Hall–Kier alpha value is -2.56. The van der Waals surface area contributed by atoms with Gasteiger partial charge in [-0.05, 0) is 26.0 Å². The highest BCUT2D eigenvalue weighted by Crippen LogP contribution is 2.29. The Balaban J connectivity index is 2.47. The van der Waals surface area contributed by atoms with Gasteiger partial charge in [-0.15, -0.1) is 0 Å². The van der Waals surface area contributed by atoms with Gasteiger partial charge in [0.15, 0.2) is 0 Å². The Morgan fingerprint density at radius 1 is 1.32 bits per heavy atom. The molecule has 0 aliphatic rings. The number of benzene rings is 1. The molecular formula is C14H14N2O3. The third-order valence-electron chi connectivity index (χ3n) is 2.58. The van der Waals surface area contributed by atoms with E-state index in [0.717, 1.165) is 5.69 Å². The average Bonchev–Trinajstić information content (AvgIpc) is 2.26. The molecule has 0 atom stereocenters. The second-order valence-corrected chi connectivity index (χ2v) is 4.19. The van der Waals surface area contributed by atoms with Crippen LogP contribution < -0.4 is 10.5 Å². The van der Waals surface area contributed by atoms with Crippen molar-refractivity contribution in [2.45, 2.75) is 13.8 Å². The number of aryl methyl sites for hydroxylation is 2. The lowest BCUT2D eigenvalue weighted by molar-refractivity contribution is 0.0997. The van der Waals surface area contributed by atoms with E-state index in [0.29, 0.717) is 17.2 Å². The highest BCUT2D eigenvalue weighted by atomic mass is 16.5. The number of phenols is 1. The molecule has 1 heterocycles. The maximum Gasteiger partial charge on any atom is 0.254 e. The number of nitrogens with two attached hydrogens (primary N) is 1. The summed E-state index contributed by atoms with van der Waals surface area (Å²) in [6, 6.07) is 7.95. The fourth-order valence-electron chi connectivity index (χ4n) is 1.85. The molecule has 0 aliphatic carbocycles. The lowest BCUT2D eigenvalue weighted by Crippen LogP contribution is -2.15. The number of hydrogen-bond acceptors (Lipinski definition) is 4. The van der Waals surface area contributed by atoms with Crippen LogP contribution in [0.1, 0.15) is 21.7 Å². The first kappa shape index (κ1) is 12.9. The van der Waals surface area contributed by atoms with Crippen LogP contribution in [0, 0.1) is 13.8 Å². The molecule has 0 radical (unpaired) electrons. The van der Waals surface area contributed by atoms with E-state index in [1.807, 2.05) is 0 Å². The predicted octanol–water partition coefficient (Wildman–Crippen LogP) is 2.30. The lowest BCUT2D eigenvalue weighted by Gasteiger charge is -2.12. The van der Waals surface area contributed by atoms with Crippen molar-refractivity contribution in [3.63, 3.8) is 0 Å². The van der Waals surface area contributed by atoms with Crippen molar-refractivity contribution in [2.24, 2.45) is 5.73 Å². The molecule has 2 aromatic rings. The highest BCUT2D eigenvalue weighted by Gasteiger charge is 2.15. The third kappa shape index (κ3) is 2.82. The first-order valence-electron chi connectivity index (χ1n) is 5.72. The number of aromatic hydroxyl groups is 1. The van der Waals surface area contributed by atoms with Crippen molar-refractivity contribution in [2.75, 3.05) is 0 Å². The van der Waals surface area contributed by atoms with Crippen LogP contribution in [-0.2, 0) is 0 Å². The van der Waals surface area contributed by atoms with E-state index in [-0.39, 0.29) is 11.3 Å². The molecule has 0 bridgehead atoms. The summed E-state index contributed by atoms with van der Waals surface area (Å²) in [5.41, 5.74) is 6.82. The van der Waals surface area contributed by atoms with Crippen LogP contribution in [0.25, 0.3) is 0 Å². The minimum Gasteiger partial charge on any atom is -0.508 e. The highest BCUT2D eigenvalue weighted by molar-refractivity contribution is 5.96. The fraction of sp³-hybridized carbons (Fsp3) is 0.143. The van der Waals surface area contributed by atoms with Crippen molar-refractivity contribution in [3.05, 3.63) is 47.3 Å². The second kappa shape index (κ2) is 4.97. The van der Waals surface area contributed by atoms with Gasteiger partial charge in [0.05, 0.1) is 5.69 Å². The van der Waals surface area contributed by atoms with Crippen LogP contribution in [0.5, 0.6) is 17.2 Å². The summed E-state index contributed by atoms with van der Waals surface area (Å²) in [5.74, 6) is 0.247. The number of ether oxygens (including phenoxy) is 1. The van der Waals surface area contributed by atoms with Crippen LogP contribution in [0.15, 0.2) is 30.3 Å². The number of aromatic nitrogens is 1. The average molecular weight is 258 g/mol. The zero-order valence-electron chi connectivity index (χ0n) is 10.7. The molecule has 0 saturated heterocycles. The number of nitrogens with zero attached hydrogens (tertiary/aromatic N) is 1. The largest absolute Gasteiger partial charge is 0.508 e. The zero-order chi connectivity index (χ0) is 14.0. The number of phenolic OH excluding ortho intramolecular Hbond substituents is 1. The summed E-state index contributed by atoms with van der Waals surface area (Å²) < 4.78 is 5.61. The Labute approximate surface area is 110 Å². The predicted molar refractivity (Wildman–Crippen MR) is 70.4 cm³/mol. The van der Waals surface area contributed by atoms with Crippen molar-refractivity contribution in [1.29, 1.82) is 0 Å². The van der Waals surface area contributed by atoms with Gasteiger partial charge in [0.1, 0.15) is 22.8 Å². The number of rotatable bonds is 3. The zero-order valence-corrected chi connectivity index (χ0v) is 10.7. The van der Waals surface area contributed by atoms with Gasteiger partial charge < -0.3 is 15.6 Å². The van der Waals surface area contributed by atoms with Crippen LogP contribution in [-0.4, -0.2) is 16.0 Å². The minimum atomic E-state index is -0.597. The van der Waals surface area contributed by atoms with Crippen molar-refractivity contribution in [3.8, 4) is 17.2 Å². The Bertz CT molecular complexity index is 639. The Morgan fingerprint density at radius 3 is 2.68 bits per heavy atom. The van der Waals surface area contributed by atoms with E-state index in [1.54, 1.807) is 32.0 Å². The lowest BCUT2D eigenvalue weighted by atomic mass is 10.1. The van der Waals surface area contributed by atoms with Gasteiger partial charge in [0.2, 0.25) is 0 Å². The Kier molecular flexibility index (Phi) is 3.37. The van der Waals surface area contributed by atoms with Gasteiger partial charge in [-0.3, -0.25) is 9.78 Å². The van der Waals surface area contributed by atoms with Gasteiger partial charge in [-0.25, -0.2) is 0 Å². The van der Waals surface area contributed by atoms with Gasteiger partial charge in [-0.2, -0.15) is 0 Å². The number of primary amides is 1. The second-order valence-electron chi connectivity index (χ2n) is 4.19. The first-order chi connectivity index (χ1) is 8.97. The van der Waals surface area contributed by atoms with Crippen LogP contribution in [0.2, 0.25) is 0 Å². The standard InChI is InChI=1S/C14H14N2O3/c1-8-6-12(13(14(15)18)9(2)16-8)19-11-5-3-4-10(17)7-11/h3-7,17H,1-2H3,(H2,15,18). The fourth-order valence-corrected chi connectivity index (χ4v) is 1.85. The van der Waals surface area contributed by atoms with Gasteiger partial charge in [0.25, 0.3) is 5.91 Å². The molecule has 5 nitrogen and oxygen atoms in total. The number of pyridine rings is 1. The third-order valence-corrected chi connectivity index (χ3v) is 2.58. The van der Waals surface area contributed by atoms with E-state index in [9.17, 15) is 9.90 Å². The molecule has 0 fully saturated rings. The summed E-state index contributed by atoms with van der Waals surface area (Å²) in [6.07, 6.45) is 0. The SMILES string of the molecule is Cc1cc(Oc2cccc(O)c2)c(C(N)=O)c(C)n1. The molecule has 19 heavy (non-hydrogen) atoms. The molecule has 1 aromatic carbocycles. The van der Waals surface area contributed by atoms with E-state index < -0.39 is 5.91 Å². The van der Waals surface area contributed by atoms with Crippen molar-refractivity contribution < 1.29 is 14.6 Å². The van der Waals surface area contributed by atoms with Crippen LogP contribution in [0.3, 0.4) is 0 Å². The summed E-state index contributed by atoms with van der Waals surface area (Å²) >= 11 is 0. The first-order valence-corrected chi connectivity index (χ1v) is 5.72. The van der Waals surface area contributed by atoms with Crippen LogP contribution >= 0.6 is 0 Å². The number of amides is 1. The number of hydrogen-bond donors (Lipinski definition) is 2. The molecule has 3 N–H and O–H groups in total. The monoisotopic (exact) mass is 258 g/mol. The van der Waals surface area contributed by atoms with E-state index in [2.05, 4.69) is 4.98 Å². The molecule has 1 aromatic heterocycles. The molecule has 5 heteroatoms. The minimum absolute atomic E-state index is 0.0839. The molecule has 0 aliphatic heterocycles. The maximum atomic E-state index is 11.5. The molecule has 0 unspecified atom stereocenters. The van der Waals surface area contributed by atoms with Gasteiger partial charge in [0, 0.05) is 17.8 Å². The summed E-state index contributed by atoms with van der Waals surface area (Å²) in [6.45, 7) is 3.50. The van der Waals surface area contributed by atoms with E-state index in [4.69, 9.17) is 10.5 Å². The van der Waals surface area contributed by atoms with Gasteiger partial charge in [-0.1, -0.05) is 6.07 Å². The quantitative estimate of drug-likeness (QED) is 0.884. The molecule has 1 amide bonds. The van der Waals surface area contributed by atoms with E-state index >= 15 is 0 Å². The smallest absolute Gasteiger partial charge is 0.254 e. The number of carbonyl (C=O) groups is 1. The van der Waals surface area contributed by atoms with E-state index in [1.165, 1.54) is 12.1 Å². The van der Waals surface area contributed by atoms with Crippen LogP contribution in [0.4, 0.5) is 0 Å². The topological polar surface area (TPSA) is 85.4 Å². The molecule has 2 rings (SSSR count). The summed E-state index contributed by atoms with van der Waals surface area (Å²) in [5, 5.41) is 9.39.